The van der Waals surface area contributed by atoms with Crippen LogP contribution in [-0.4, -0.2) is 65.1 Å². The molecular weight excluding hydrogens is 1150 g/mol. The SMILES string of the molecule is CC(F)(F)c1ccc(Cl)cc1.COc1cc(F)ccc1F.COc1ccc(C(C)(F)F)cc1.COc1ccc(C)cc1.COc1ccccc1F.Cc1ccc(F)cc1.OCCOc1ccccc1.Oc1ccccc1.c1ccc2c(c1)OCCO2. The van der Waals surface area contributed by atoms with E-state index < -0.39 is 23.5 Å². The molecule has 18 heteroatoms. The van der Waals surface area contributed by atoms with Gasteiger partial charge in [-0.05, 0) is 135 Å². The van der Waals surface area contributed by atoms with Gasteiger partial charge in [0.2, 0.25) is 0 Å². The van der Waals surface area contributed by atoms with Crippen LogP contribution >= 0.6 is 11.6 Å². The number of halogens is 9. The number of alkyl halides is 4. The van der Waals surface area contributed by atoms with Gasteiger partial charge in [0.25, 0.3) is 11.8 Å². The van der Waals surface area contributed by atoms with Crippen molar-refractivity contribution in [2.45, 2.75) is 39.5 Å². The minimum absolute atomic E-state index is 0.00306. The van der Waals surface area contributed by atoms with Crippen LogP contribution in [0.5, 0.6) is 46.0 Å². The first-order valence-corrected chi connectivity index (χ1v) is 26.5. The van der Waals surface area contributed by atoms with Gasteiger partial charge >= 0.3 is 0 Å². The van der Waals surface area contributed by atoms with Crippen LogP contribution in [0.3, 0.4) is 0 Å². The average molecular weight is 1220 g/mol. The van der Waals surface area contributed by atoms with Gasteiger partial charge in [0.05, 0.1) is 35.0 Å². The monoisotopic (exact) mass is 1220 g/mol. The van der Waals surface area contributed by atoms with Crippen molar-refractivity contribution in [2.24, 2.45) is 0 Å². The summed E-state index contributed by atoms with van der Waals surface area (Å²) in [5, 5.41) is 17.5. The Morgan fingerprint density at radius 3 is 1.22 bits per heavy atom. The fourth-order valence-electron chi connectivity index (χ4n) is 6.18. The molecule has 0 bridgehead atoms. The molecule has 1 aliphatic rings. The van der Waals surface area contributed by atoms with Crippen LogP contribution < -0.4 is 33.2 Å². The number of phenols is 1. The van der Waals surface area contributed by atoms with Crippen molar-refractivity contribution in [3.63, 3.8) is 0 Å². The molecule has 0 atom stereocenters. The van der Waals surface area contributed by atoms with Gasteiger partial charge in [-0.25, -0.2) is 35.1 Å². The predicted octanol–water partition coefficient (Wildman–Crippen LogP) is 18.1. The van der Waals surface area contributed by atoms with Crippen LogP contribution in [0.4, 0.5) is 35.1 Å². The van der Waals surface area contributed by atoms with E-state index in [9.17, 15) is 35.1 Å². The number of benzene rings is 9. The molecule has 0 saturated heterocycles. The van der Waals surface area contributed by atoms with E-state index in [1.165, 1.54) is 93.6 Å². The number of para-hydroxylation sites is 5. The number of aliphatic hydroxyl groups excluding tert-OH is 1. The van der Waals surface area contributed by atoms with Crippen molar-refractivity contribution in [1.29, 1.82) is 0 Å². The molecule has 2 N–H and O–H groups in total. The number of phenolic OH excluding ortho intramolecular Hbond substituents is 1. The highest BCUT2D eigenvalue weighted by atomic mass is 35.5. The Morgan fingerprint density at radius 2 is 0.837 bits per heavy atom. The van der Waals surface area contributed by atoms with Crippen molar-refractivity contribution >= 4 is 11.6 Å². The predicted molar refractivity (Wildman–Crippen MR) is 323 cm³/mol. The maximum Gasteiger partial charge on any atom is 0.270 e. The Bertz CT molecular complexity index is 3130. The molecule has 460 valence electrons. The number of rotatable bonds is 9. The van der Waals surface area contributed by atoms with Crippen molar-refractivity contribution in [3.05, 3.63) is 275 Å². The van der Waals surface area contributed by atoms with Gasteiger partial charge in [-0.2, -0.15) is 0 Å². The molecule has 0 radical (unpaired) electrons. The van der Waals surface area contributed by atoms with E-state index >= 15 is 0 Å². The Labute approximate surface area is 503 Å². The fraction of sp³-hybridized carbons (Fsp3) is 0.206. The summed E-state index contributed by atoms with van der Waals surface area (Å²) in [5.74, 6) is -2.53. The van der Waals surface area contributed by atoms with E-state index in [1.54, 1.807) is 61.7 Å². The smallest absolute Gasteiger partial charge is 0.270 e. The summed E-state index contributed by atoms with van der Waals surface area (Å²) < 4.78 is 134. The molecule has 0 fully saturated rings. The largest absolute Gasteiger partial charge is 0.508 e. The van der Waals surface area contributed by atoms with Crippen molar-refractivity contribution in [1.82, 2.24) is 0 Å². The van der Waals surface area contributed by atoms with Crippen LogP contribution in [0.2, 0.25) is 5.02 Å². The van der Waals surface area contributed by atoms with Crippen LogP contribution in [0.25, 0.3) is 0 Å². The molecule has 0 aromatic heterocycles. The zero-order valence-corrected chi connectivity index (χ0v) is 49.6. The quantitative estimate of drug-likeness (QED) is 0.137. The minimum Gasteiger partial charge on any atom is -0.508 e. The zero-order chi connectivity index (χ0) is 63.8. The topological polar surface area (TPSA) is 105 Å². The molecule has 1 aliphatic heterocycles. The summed E-state index contributed by atoms with van der Waals surface area (Å²) >= 11 is 5.52. The van der Waals surface area contributed by atoms with Gasteiger partial charge in [0.1, 0.15) is 54.5 Å². The van der Waals surface area contributed by atoms with E-state index in [2.05, 4.69) is 16.4 Å². The number of methoxy groups -OCH3 is 4. The first kappa shape index (κ1) is 73.2. The molecule has 0 amide bonds. The third-order valence-electron chi connectivity index (χ3n) is 10.7. The van der Waals surface area contributed by atoms with Crippen molar-refractivity contribution in [2.75, 3.05) is 54.9 Å². The first-order chi connectivity index (χ1) is 41.0. The Kier molecular flexibility index (Phi) is 35.0. The lowest BCUT2D eigenvalue weighted by Gasteiger charge is -2.17. The molecule has 0 aliphatic carbocycles. The summed E-state index contributed by atoms with van der Waals surface area (Å²) in [6.45, 7) is 7.47. The standard InChI is InChI=1S/C9H10F2O.C8H7ClF2.C8H8O2.C8H10O2.C8H10O.C7H6F2O.C7H7FO.C7H7F.C6H6O/c1-9(10,11)7-3-5-8(12-2)6-4-7;1-8(10,11)6-2-4-7(9)5-3-6;1-2-4-8-7(3-1)9-5-6-10-8;9-6-7-10-8-4-2-1-3-5-8;1-7-3-5-8(9-2)6-4-7;1-10-7-4-5(8)2-3-6(7)9;1-9-7-5-3-2-4-6(7)8;1-6-2-4-7(8)5-3-6;7-6-4-2-1-3-5-6/h3-6H,1-2H3;2-5H,1H3;1-4H,5-6H2;1-5,9H,6-7H2;3-6H,1-2H3;2-4H,1H3;2-5H,1H3;2-5H,1H3;1-5,7H. The Hall–Kier alpha value is -8.93. The third kappa shape index (κ3) is 32.2. The van der Waals surface area contributed by atoms with Crippen LogP contribution in [0.15, 0.2) is 224 Å². The van der Waals surface area contributed by atoms with Crippen molar-refractivity contribution < 1.29 is 78.5 Å². The van der Waals surface area contributed by atoms with Gasteiger partial charge < -0.3 is 43.4 Å². The van der Waals surface area contributed by atoms with E-state index in [1.807, 2.05) is 91.9 Å². The lowest BCUT2D eigenvalue weighted by atomic mass is 10.1. The average Bonchev–Trinajstić information content (AvgIpc) is 3.73. The molecular formula is C68H71ClF8O9. The summed E-state index contributed by atoms with van der Waals surface area (Å²) in [6, 6.07) is 60.8. The lowest BCUT2D eigenvalue weighted by Crippen LogP contribution is -2.14. The number of hydrogen-bond acceptors (Lipinski definition) is 9. The van der Waals surface area contributed by atoms with Gasteiger partial charge in [0.15, 0.2) is 34.6 Å². The molecule has 0 unspecified atom stereocenters. The second-order valence-electron chi connectivity index (χ2n) is 17.6. The first-order valence-electron chi connectivity index (χ1n) is 26.2. The Balaban J connectivity index is 0.000000331. The molecule has 9 aromatic carbocycles. The summed E-state index contributed by atoms with van der Waals surface area (Å²) in [4.78, 5) is 0. The van der Waals surface area contributed by atoms with Crippen LogP contribution in [0.1, 0.15) is 36.1 Å². The van der Waals surface area contributed by atoms with Gasteiger partial charge in [-0.1, -0.05) is 120 Å². The zero-order valence-electron chi connectivity index (χ0n) is 48.8. The highest BCUT2D eigenvalue weighted by molar-refractivity contribution is 6.30. The molecule has 9 nitrogen and oxygen atoms in total. The summed E-state index contributed by atoms with van der Waals surface area (Å²) in [5.41, 5.74) is 2.34. The van der Waals surface area contributed by atoms with Gasteiger partial charge in [-0.15, -0.1) is 0 Å². The minimum atomic E-state index is -2.77. The van der Waals surface area contributed by atoms with E-state index in [0.717, 1.165) is 60.6 Å². The summed E-state index contributed by atoms with van der Waals surface area (Å²) in [7, 11) is 5.90. The van der Waals surface area contributed by atoms with Gasteiger partial charge in [-0.3, -0.25) is 0 Å². The van der Waals surface area contributed by atoms with E-state index in [4.69, 9.17) is 45.5 Å². The van der Waals surface area contributed by atoms with E-state index in [0.29, 0.717) is 36.3 Å². The number of aryl methyl sites for hydroxylation is 2. The molecule has 0 spiro atoms. The van der Waals surface area contributed by atoms with Crippen LogP contribution in [0, 0.1) is 37.1 Å². The van der Waals surface area contributed by atoms with E-state index in [-0.39, 0.29) is 40.9 Å². The molecule has 1 heterocycles. The van der Waals surface area contributed by atoms with Gasteiger partial charge in [0, 0.05) is 36.1 Å². The number of fused-ring (bicyclic) bond motifs is 1. The lowest BCUT2D eigenvalue weighted by molar-refractivity contribution is 0.0168. The Morgan fingerprint density at radius 1 is 0.442 bits per heavy atom. The van der Waals surface area contributed by atoms with Crippen molar-refractivity contribution in [3.8, 4) is 46.0 Å². The maximum atomic E-state index is 12.6. The molecule has 0 saturated carbocycles. The third-order valence-corrected chi connectivity index (χ3v) is 10.9. The molecule has 86 heavy (non-hydrogen) atoms. The number of ether oxygens (including phenoxy) is 7. The summed E-state index contributed by atoms with van der Waals surface area (Å²) in [6.07, 6.45) is 0. The molecule has 9 aromatic rings. The normalized spacial score (nSPS) is 10.4. The second kappa shape index (κ2) is 41.1. The van der Waals surface area contributed by atoms with Crippen LogP contribution in [-0.2, 0) is 11.8 Å². The highest BCUT2D eigenvalue weighted by Gasteiger charge is 2.24. The maximum absolute atomic E-state index is 12.6. The second-order valence-corrected chi connectivity index (χ2v) is 18.0. The number of aromatic hydroxyl groups is 1. The number of hydrogen-bond donors (Lipinski definition) is 2. The fourth-order valence-corrected chi connectivity index (χ4v) is 6.30. The molecule has 10 rings (SSSR count). The number of aliphatic hydroxyl groups is 1. The highest BCUT2D eigenvalue weighted by Crippen LogP contribution is 2.30.